The van der Waals surface area contributed by atoms with Crippen molar-refractivity contribution in [3.05, 3.63) is 11.6 Å². The molecule has 0 saturated heterocycles. The Hall–Kier alpha value is -1.65. The highest BCUT2D eigenvalue weighted by atomic mass is 16.5. The molecule has 0 aliphatic heterocycles. The molecule has 2 fully saturated rings. The van der Waals surface area contributed by atoms with Crippen LogP contribution < -0.4 is 0 Å². The molecule has 0 aromatic heterocycles. The lowest BCUT2D eigenvalue weighted by atomic mass is 9.46. The van der Waals surface area contributed by atoms with Crippen LogP contribution in [-0.4, -0.2) is 30.4 Å². The SMILES string of the molecule is CC(=O)OC/C=C(\C)CC[C@H]1C(=O)C[C@H](OC(C)=O)[C@H]2C(C)(C)CCC[C@]12C. The van der Waals surface area contributed by atoms with Crippen molar-refractivity contribution >= 4 is 17.7 Å². The summed E-state index contributed by atoms with van der Waals surface area (Å²) in [4.78, 5) is 35.7. The molecule has 0 aromatic rings. The number of ketones is 1. The van der Waals surface area contributed by atoms with Gasteiger partial charge in [0.1, 0.15) is 18.5 Å². The summed E-state index contributed by atoms with van der Waals surface area (Å²) in [7, 11) is 0. The second kappa shape index (κ2) is 8.79. The van der Waals surface area contributed by atoms with Gasteiger partial charge in [0.15, 0.2) is 0 Å². The molecule has 158 valence electrons. The number of Topliss-reactive ketones (excluding diaryl/α,β-unsaturated/α-hetero) is 1. The minimum Gasteiger partial charge on any atom is -0.462 e. The fourth-order valence-electron chi connectivity index (χ4n) is 5.86. The maximum absolute atomic E-state index is 13.1. The van der Waals surface area contributed by atoms with Crippen LogP contribution in [-0.2, 0) is 23.9 Å². The van der Waals surface area contributed by atoms with E-state index in [0.29, 0.717) is 6.42 Å². The van der Waals surface area contributed by atoms with Crippen molar-refractivity contribution in [2.75, 3.05) is 6.61 Å². The second-order valence-corrected chi connectivity index (χ2v) is 9.59. The van der Waals surface area contributed by atoms with Crippen molar-refractivity contribution in [3.63, 3.8) is 0 Å². The monoisotopic (exact) mass is 392 g/mol. The zero-order valence-electron chi connectivity index (χ0n) is 18.3. The largest absolute Gasteiger partial charge is 0.462 e. The first kappa shape index (κ1) is 22.6. The Balaban J connectivity index is 2.19. The maximum atomic E-state index is 13.1. The lowest BCUT2D eigenvalue weighted by molar-refractivity contribution is -0.181. The van der Waals surface area contributed by atoms with Gasteiger partial charge in [0.25, 0.3) is 0 Å². The first-order valence-electron chi connectivity index (χ1n) is 10.5. The predicted molar refractivity (Wildman–Crippen MR) is 108 cm³/mol. The van der Waals surface area contributed by atoms with Crippen LogP contribution >= 0.6 is 0 Å². The third-order valence-corrected chi connectivity index (χ3v) is 6.91. The van der Waals surface area contributed by atoms with E-state index in [4.69, 9.17) is 9.47 Å². The normalized spacial score (nSPS) is 32.4. The summed E-state index contributed by atoms with van der Waals surface area (Å²) in [5, 5.41) is 0. The van der Waals surface area contributed by atoms with E-state index in [9.17, 15) is 14.4 Å². The molecule has 2 aliphatic carbocycles. The van der Waals surface area contributed by atoms with Crippen LogP contribution in [0, 0.1) is 22.7 Å². The fraction of sp³-hybridized carbons (Fsp3) is 0.783. The minimum absolute atomic E-state index is 0.0269. The molecule has 0 spiro atoms. The van der Waals surface area contributed by atoms with Gasteiger partial charge in [-0.3, -0.25) is 14.4 Å². The number of fused-ring (bicyclic) bond motifs is 1. The van der Waals surface area contributed by atoms with Crippen LogP contribution in [0.15, 0.2) is 11.6 Å². The van der Waals surface area contributed by atoms with Gasteiger partial charge in [0.2, 0.25) is 0 Å². The molecule has 0 N–H and O–H groups in total. The molecule has 2 rings (SSSR count). The highest BCUT2D eigenvalue weighted by molar-refractivity contribution is 5.84. The molecule has 0 heterocycles. The molecule has 5 nitrogen and oxygen atoms in total. The van der Waals surface area contributed by atoms with Crippen molar-refractivity contribution < 1.29 is 23.9 Å². The van der Waals surface area contributed by atoms with Crippen molar-refractivity contribution in [2.24, 2.45) is 22.7 Å². The van der Waals surface area contributed by atoms with Crippen molar-refractivity contribution in [3.8, 4) is 0 Å². The van der Waals surface area contributed by atoms with E-state index < -0.39 is 0 Å². The van der Waals surface area contributed by atoms with Gasteiger partial charge in [0.05, 0.1) is 0 Å². The van der Waals surface area contributed by atoms with Gasteiger partial charge < -0.3 is 9.47 Å². The molecule has 2 aliphatic rings. The number of ether oxygens (including phenoxy) is 2. The van der Waals surface area contributed by atoms with E-state index in [1.54, 1.807) is 0 Å². The molecule has 0 amide bonds. The Morgan fingerprint density at radius 3 is 2.39 bits per heavy atom. The third-order valence-electron chi connectivity index (χ3n) is 6.91. The van der Waals surface area contributed by atoms with E-state index >= 15 is 0 Å². The zero-order valence-corrected chi connectivity index (χ0v) is 18.3. The van der Waals surface area contributed by atoms with Crippen molar-refractivity contribution in [1.82, 2.24) is 0 Å². The molecule has 28 heavy (non-hydrogen) atoms. The van der Waals surface area contributed by atoms with E-state index in [1.807, 2.05) is 13.0 Å². The fourth-order valence-corrected chi connectivity index (χ4v) is 5.86. The summed E-state index contributed by atoms with van der Waals surface area (Å²) >= 11 is 0. The van der Waals surface area contributed by atoms with Crippen molar-refractivity contribution in [2.45, 2.75) is 86.2 Å². The number of allylic oxidation sites excluding steroid dienone is 1. The van der Waals surface area contributed by atoms with Crippen LogP contribution in [0.3, 0.4) is 0 Å². The average Bonchev–Trinajstić information content (AvgIpc) is 2.51. The molecule has 0 aromatic carbocycles. The summed E-state index contributed by atoms with van der Waals surface area (Å²) < 4.78 is 10.6. The first-order chi connectivity index (χ1) is 13.0. The number of esters is 2. The minimum atomic E-state index is -0.317. The van der Waals surface area contributed by atoms with Crippen LogP contribution in [0.4, 0.5) is 0 Å². The summed E-state index contributed by atoms with van der Waals surface area (Å²) in [6, 6.07) is 0. The molecule has 0 unspecified atom stereocenters. The Labute approximate surface area is 169 Å². The van der Waals surface area contributed by atoms with Crippen LogP contribution in [0.1, 0.15) is 80.1 Å². The van der Waals surface area contributed by atoms with E-state index in [2.05, 4.69) is 20.8 Å². The number of hydrogen-bond acceptors (Lipinski definition) is 5. The number of carbonyl (C=O) groups is 3. The van der Waals surface area contributed by atoms with Gasteiger partial charge >= 0.3 is 11.9 Å². The Morgan fingerprint density at radius 2 is 1.79 bits per heavy atom. The van der Waals surface area contributed by atoms with E-state index in [0.717, 1.165) is 37.7 Å². The standard InChI is InChI=1S/C23H36O5/c1-15(10-13-27-16(2)24)8-9-18-19(26)14-20(28-17(3)25)21-22(4,5)11-7-12-23(18,21)6/h10,18,20-21H,7-9,11-14H2,1-6H3/b15-10+/t18-,20-,21-,23+/m0/s1. The van der Waals surface area contributed by atoms with E-state index in [1.165, 1.54) is 13.8 Å². The highest BCUT2D eigenvalue weighted by Gasteiger charge is 2.59. The zero-order chi connectivity index (χ0) is 21.1. The van der Waals surface area contributed by atoms with Gasteiger partial charge in [-0.05, 0) is 49.5 Å². The van der Waals surface area contributed by atoms with Gasteiger partial charge in [-0.2, -0.15) is 0 Å². The van der Waals surface area contributed by atoms with Crippen molar-refractivity contribution in [1.29, 1.82) is 0 Å². The first-order valence-corrected chi connectivity index (χ1v) is 10.5. The lowest BCUT2D eigenvalue weighted by Gasteiger charge is -2.58. The van der Waals surface area contributed by atoms with Crippen LogP contribution in [0.2, 0.25) is 0 Å². The number of carbonyl (C=O) groups excluding carboxylic acids is 3. The molecule has 0 bridgehead atoms. The molecular weight excluding hydrogens is 356 g/mol. The van der Waals surface area contributed by atoms with Gasteiger partial charge in [-0.25, -0.2) is 0 Å². The molecule has 2 saturated carbocycles. The quantitative estimate of drug-likeness (QED) is 0.487. The molecule has 5 heteroatoms. The third kappa shape index (κ3) is 5.03. The van der Waals surface area contributed by atoms with Gasteiger partial charge in [-0.1, -0.05) is 32.8 Å². The smallest absolute Gasteiger partial charge is 0.302 e. The second-order valence-electron chi connectivity index (χ2n) is 9.59. The molecule has 0 radical (unpaired) electrons. The maximum Gasteiger partial charge on any atom is 0.302 e. The Kier molecular flexibility index (Phi) is 7.11. The summed E-state index contributed by atoms with van der Waals surface area (Å²) in [5.41, 5.74) is 1.01. The van der Waals surface area contributed by atoms with Crippen LogP contribution in [0.25, 0.3) is 0 Å². The predicted octanol–water partition coefficient (Wildman–Crippen LogP) is 4.63. The number of rotatable bonds is 6. The highest BCUT2D eigenvalue weighted by Crippen LogP contribution is 2.60. The number of hydrogen-bond donors (Lipinski definition) is 0. The van der Waals surface area contributed by atoms with Gasteiger partial charge in [0, 0.05) is 32.1 Å². The summed E-state index contributed by atoms with van der Waals surface area (Å²) in [6.07, 6.45) is 6.69. The summed E-state index contributed by atoms with van der Waals surface area (Å²) in [5.74, 6) is -0.214. The van der Waals surface area contributed by atoms with E-state index in [-0.39, 0.29) is 53.1 Å². The Morgan fingerprint density at radius 1 is 1.11 bits per heavy atom. The summed E-state index contributed by atoms with van der Waals surface area (Å²) in [6.45, 7) is 11.9. The van der Waals surface area contributed by atoms with Crippen LogP contribution in [0.5, 0.6) is 0 Å². The molecular formula is C23H36O5. The van der Waals surface area contributed by atoms with Gasteiger partial charge in [-0.15, -0.1) is 0 Å². The Bertz CT molecular complexity index is 647. The average molecular weight is 393 g/mol. The lowest BCUT2D eigenvalue weighted by Crippen LogP contribution is -2.58. The topological polar surface area (TPSA) is 69.7 Å². The molecule has 4 atom stereocenters.